The van der Waals surface area contributed by atoms with Gasteiger partial charge in [-0.3, -0.25) is 10.1 Å². The van der Waals surface area contributed by atoms with Crippen molar-refractivity contribution < 1.29 is 19.4 Å². The third kappa shape index (κ3) is 5.22. The van der Waals surface area contributed by atoms with Gasteiger partial charge in [0, 0.05) is 17.8 Å². The van der Waals surface area contributed by atoms with Crippen LogP contribution in [-0.2, 0) is 16.1 Å². The van der Waals surface area contributed by atoms with Gasteiger partial charge in [-0.1, -0.05) is 12.1 Å². The monoisotopic (exact) mass is 321 g/mol. The van der Waals surface area contributed by atoms with E-state index in [0.29, 0.717) is 25.1 Å². The summed E-state index contributed by atoms with van der Waals surface area (Å²) in [4.78, 5) is 22.9. The first kappa shape index (κ1) is 17.2. The summed E-state index contributed by atoms with van der Waals surface area (Å²) in [6.07, 6.45) is 0.573. The van der Waals surface area contributed by atoms with Crippen molar-refractivity contribution >= 4 is 17.7 Å². The first-order valence-corrected chi connectivity index (χ1v) is 7.54. The Balaban J connectivity index is 1.70. The molecule has 0 bridgehead atoms. The Kier molecular flexibility index (Phi) is 5.57. The van der Waals surface area contributed by atoms with Crippen molar-refractivity contribution in [2.24, 2.45) is 0 Å². The van der Waals surface area contributed by atoms with Gasteiger partial charge in [0.2, 0.25) is 5.91 Å². The van der Waals surface area contributed by atoms with Crippen molar-refractivity contribution in [2.45, 2.75) is 38.0 Å². The first-order chi connectivity index (χ1) is 10.9. The molecule has 4 N–H and O–H groups in total. The Morgan fingerprint density at radius 3 is 2.52 bits per heavy atom. The Bertz CT molecular complexity index is 553. The number of ether oxygens (including phenoxy) is 1. The molecule has 1 aliphatic carbocycles. The van der Waals surface area contributed by atoms with E-state index in [9.17, 15) is 14.7 Å². The largest absolute Gasteiger partial charge is 0.453 e. The first-order valence-electron chi connectivity index (χ1n) is 7.54. The van der Waals surface area contributed by atoms with Crippen LogP contribution in [0.5, 0.6) is 0 Å². The molecule has 0 aliphatic heterocycles. The van der Waals surface area contributed by atoms with E-state index in [0.717, 1.165) is 5.56 Å². The minimum atomic E-state index is -0.522. The molecule has 1 aromatic rings. The average molecular weight is 321 g/mol. The third-order valence-electron chi connectivity index (χ3n) is 3.92. The molecule has 1 aliphatic rings. The standard InChI is InChI=1S/C16H23N3O4/c1-16(7-13(20)8-16)18-10-14(21)17-9-11-3-5-12(6-4-11)19-15(22)23-2/h3-6,13,18,20H,7-10H2,1-2H3,(H,17,21)(H,19,22). The SMILES string of the molecule is COC(=O)Nc1ccc(CNC(=O)CNC2(C)CC(O)C2)cc1. The molecule has 0 heterocycles. The highest BCUT2D eigenvalue weighted by molar-refractivity contribution is 5.84. The minimum Gasteiger partial charge on any atom is -0.453 e. The van der Waals surface area contributed by atoms with E-state index in [2.05, 4.69) is 20.7 Å². The third-order valence-corrected chi connectivity index (χ3v) is 3.92. The maximum atomic E-state index is 11.8. The van der Waals surface area contributed by atoms with Crippen molar-refractivity contribution in [1.82, 2.24) is 10.6 Å². The maximum absolute atomic E-state index is 11.8. The zero-order chi connectivity index (χ0) is 16.9. The van der Waals surface area contributed by atoms with Gasteiger partial charge in [0.15, 0.2) is 0 Å². The molecule has 0 saturated heterocycles. The number of anilines is 1. The van der Waals surface area contributed by atoms with Crippen LogP contribution >= 0.6 is 0 Å². The van der Waals surface area contributed by atoms with Crippen LogP contribution in [0.15, 0.2) is 24.3 Å². The van der Waals surface area contributed by atoms with Crippen molar-refractivity contribution in [3.8, 4) is 0 Å². The number of carbonyl (C=O) groups excluding carboxylic acids is 2. The molecule has 23 heavy (non-hydrogen) atoms. The quantitative estimate of drug-likeness (QED) is 0.626. The van der Waals surface area contributed by atoms with E-state index in [-0.39, 0.29) is 24.1 Å². The number of aliphatic hydroxyl groups excluding tert-OH is 1. The van der Waals surface area contributed by atoms with Gasteiger partial charge >= 0.3 is 6.09 Å². The molecule has 0 unspecified atom stereocenters. The predicted octanol–water partition coefficient (Wildman–Crippen LogP) is 0.984. The second-order valence-electron chi connectivity index (χ2n) is 6.07. The Morgan fingerprint density at radius 1 is 1.30 bits per heavy atom. The molecule has 126 valence electrons. The fraction of sp³-hybridized carbons (Fsp3) is 0.500. The van der Waals surface area contributed by atoms with Crippen LogP contribution in [0.25, 0.3) is 0 Å². The van der Waals surface area contributed by atoms with E-state index in [1.54, 1.807) is 12.1 Å². The number of methoxy groups -OCH3 is 1. The summed E-state index contributed by atoms with van der Waals surface area (Å²) in [6, 6.07) is 7.13. The summed E-state index contributed by atoms with van der Waals surface area (Å²) in [7, 11) is 1.30. The van der Waals surface area contributed by atoms with Crippen molar-refractivity contribution in [2.75, 3.05) is 19.0 Å². The van der Waals surface area contributed by atoms with Crippen LogP contribution in [0.1, 0.15) is 25.3 Å². The van der Waals surface area contributed by atoms with Gasteiger partial charge in [0.25, 0.3) is 0 Å². The van der Waals surface area contributed by atoms with E-state index in [4.69, 9.17) is 0 Å². The van der Waals surface area contributed by atoms with Crippen molar-refractivity contribution in [3.63, 3.8) is 0 Å². The van der Waals surface area contributed by atoms with E-state index in [1.165, 1.54) is 7.11 Å². The topological polar surface area (TPSA) is 99.7 Å². The van der Waals surface area contributed by atoms with Gasteiger partial charge in [-0.25, -0.2) is 4.79 Å². The summed E-state index contributed by atoms with van der Waals surface area (Å²) in [5.74, 6) is -0.0932. The van der Waals surface area contributed by atoms with Gasteiger partial charge < -0.3 is 20.5 Å². The molecule has 0 aromatic heterocycles. The molecule has 7 nitrogen and oxygen atoms in total. The highest BCUT2D eigenvalue weighted by Gasteiger charge is 2.38. The number of hydrogen-bond acceptors (Lipinski definition) is 5. The second-order valence-corrected chi connectivity index (χ2v) is 6.07. The van der Waals surface area contributed by atoms with E-state index >= 15 is 0 Å². The fourth-order valence-corrected chi connectivity index (χ4v) is 2.56. The lowest BCUT2D eigenvalue weighted by atomic mass is 9.76. The average Bonchev–Trinajstić information content (AvgIpc) is 2.51. The molecule has 1 saturated carbocycles. The highest BCUT2D eigenvalue weighted by atomic mass is 16.5. The number of rotatable bonds is 6. The molecule has 0 spiro atoms. The number of carbonyl (C=O) groups is 2. The molecule has 1 aromatic carbocycles. The van der Waals surface area contributed by atoms with Gasteiger partial charge in [0.1, 0.15) is 0 Å². The minimum absolute atomic E-state index is 0.0932. The number of amides is 2. The molecule has 2 rings (SSSR count). The summed E-state index contributed by atoms with van der Waals surface area (Å²) < 4.78 is 4.51. The number of hydrogen-bond donors (Lipinski definition) is 4. The van der Waals surface area contributed by atoms with Crippen LogP contribution in [0.4, 0.5) is 10.5 Å². The Hall–Kier alpha value is -2.12. The lowest BCUT2D eigenvalue weighted by Gasteiger charge is -2.43. The zero-order valence-electron chi connectivity index (χ0n) is 13.4. The Morgan fingerprint density at radius 2 is 1.96 bits per heavy atom. The summed E-state index contributed by atoms with van der Waals surface area (Å²) in [5.41, 5.74) is 1.42. The van der Waals surface area contributed by atoms with E-state index < -0.39 is 6.09 Å². The van der Waals surface area contributed by atoms with Crippen LogP contribution < -0.4 is 16.0 Å². The smallest absolute Gasteiger partial charge is 0.411 e. The van der Waals surface area contributed by atoms with Gasteiger partial charge in [-0.05, 0) is 37.5 Å². The van der Waals surface area contributed by atoms with E-state index in [1.807, 2.05) is 19.1 Å². The highest BCUT2D eigenvalue weighted by Crippen LogP contribution is 2.31. The van der Waals surface area contributed by atoms with Crippen LogP contribution in [0, 0.1) is 0 Å². The lowest BCUT2D eigenvalue weighted by molar-refractivity contribution is -0.121. The lowest BCUT2D eigenvalue weighted by Crippen LogP contribution is -2.57. The van der Waals surface area contributed by atoms with Crippen molar-refractivity contribution in [1.29, 1.82) is 0 Å². The zero-order valence-corrected chi connectivity index (χ0v) is 13.4. The molecule has 0 atom stereocenters. The maximum Gasteiger partial charge on any atom is 0.411 e. The number of benzene rings is 1. The molecular weight excluding hydrogens is 298 g/mol. The molecular formula is C16H23N3O4. The molecule has 0 radical (unpaired) electrons. The van der Waals surface area contributed by atoms with Crippen molar-refractivity contribution in [3.05, 3.63) is 29.8 Å². The Labute approximate surface area is 135 Å². The number of nitrogens with one attached hydrogen (secondary N) is 3. The normalized spacial score (nSPS) is 22.8. The molecule has 1 fully saturated rings. The summed E-state index contributed by atoms with van der Waals surface area (Å²) in [6.45, 7) is 2.64. The van der Waals surface area contributed by atoms with Gasteiger partial charge in [0.05, 0.1) is 19.8 Å². The van der Waals surface area contributed by atoms with Gasteiger partial charge in [-0.2, -0.15) is 0 Å². The van der Waals surface area contributed by atoms with Crippen LogP contribution in [-0.4, -0.2) is 42.4 Å². The molecule has 2 amide bonds. The van der Waals surface area contributed by atoms with Crippen LogP contribution in [0.2, 0.25) is 0 Å². The van der Waals surface area contributed by atoms with Crippen LogP contribution in [0.3, 0.4) is 0 Å². The fourth-order valence-electron chi connectivity index (χ4n) is 2.56. The molecule has 7 heteroatoms. The second kappa shape index (κ2) is 7.43. The number of aliphatic hydroxyl groups is 1. The summed E-state index contributed by atoms with van der Waals surface area (Å²) in [5, 5.41) is 17.9. The van der Waals surface area contributed by atoms with Gasteiger partial charge in [-0.15, -0.1) is 0 Å². The summed E-state index contributed by atoms with van der Waals surface area (Å²) >= 11 is 0. The predicted molar refractivity (Wildman–Crippen MR) is 86.0 cm³/mol.